The molecule has 1 heterocycles. The molecule has 1 saturated heterocycles. The number of likely N-dealkylation sites (tertiary alicyclic amines) is 1. The zero-order chi connectivity index (χ0) is 15.9. The fourth-order valence-electron chi connectivity index (χ4n) is 3.50. The fraction of sp³-hybridized carbons (Fsp3) is 0.588. The van der Waals surface area contributed by atoms with Gasteiger partial charge < -0.3 is 10.6 Å². The third kappa shape index (κ3) is 2.86. The predicted octanol–water partition coefficient (Wildman–Crippen LogP) is 2.65. The molecule has 1 aliphatic heterocycles. The molecule has 0 bridgehead atoms. The lowest BCUT2D eigenvalue weighted by atomic mass is 9.90. The number of nitrogens with two attached hydrogens (primary N) is 1. The van der Waals surface area contributed by atoms with E-state index in [9.17, 15) is 13.6 Å². The van der Waals surface area contributed by atoms with E-state index in [0.29, 0.717) is 17.9 Å². The van der Waals surface area contributed by atoms with Gasteiger partial charge in [-0.2, -0.15) is 0 Å². The first-order valence-corrected chi connectivity index (χ1v) is 7.97. The van der Waals surface area contributed by atoms with Gasteiger partial charge in [-0.15, -0.1) is 0 Å². The first-order valence-electron chi connectivity index (χ1n) is 7.97. The summed E-state index contributed by atoms with van der Waals surface area (Å²) in [6, 6.07) is 4.35. The maximum atomic E-state index is 13.8. The fourth-order valence-corrected chi connectivity index (χ4v) is 3.50. The summed E-state index contributed by atoms with van der Waals surface area (Å²) in [4.78, 5) is 14.4. The minimum Gasteiger partial charge on any atom is -0.342 e. The molecule has 3 atom stereocenters. The van der Waals surface area contributed by atoms with Gasteiger partial charge in [-0.05, 0) is 49.7 Å². The maximum absolute atomic E-state index is 13.8. The molecule has 3 unspecified atom stereocenters. The number of amides is 1. The van der Waals surface area contributed by atoms with Gasteiger partial charge in [-0.1, -0.05) is 12.1 Å². The van der Waals surface area contributed by atoms with Gasteiger partial charge in [0.05, 0.1) is 0 Å². The van der Waals surface area contributed by atoms with Gasteiger partial charge in [0.2, 0.25) is 5.91 Å². The van der Waals surface area contributed by atoms with E-state index in [0.717, 1.165) is 32.0 Å². The number of hydrogen-bond acceptors (Lipinski definition) is 2. The Kier molecular flexibility index (Phi) is 4.17. The normalized spacial score (nSPS) is 26.8. The number of rotatable bonds is 3. The molecule has 2 N–H and O–H groups in total. The molecule has 2 aliphatic rings. The highest BCUT2D eigenvalue weighted by Crippen LogP contribution is 2.49. The summed E-state index contributed by atoms with van der Waals surface area (Å²) in [7, 11) is 0. The summed E-state index contributed by atoms with van der Waals surface area (Å²) < 4.78 is 27.1. The molecule has 0 radical (unpaired) electrons. The van der Waals surface area contributed by atoms with Gasteiger partial charge in [-0.25, -0.2) is 8.78 Å². The van der Waals surface area contributed by atoms with Crippen molar-refractivity contribution in [1.29, 1.82) is 0 Å². The summed E-state index contributed by atoms with van der Waals surface area (Å²) in [6.45, 7) is 3.45. The van der Waals surface area contributed by atoms with Crippen LogP contribution in [0.1, 0.15) is 37.7 Å². The zero-order valence-corrected chi connectivity index (χ0v) is 12.8. The molecule has 1 amide bonds. The Morgan fingerprint density at radius 2 is 2.00 bits per heavy atom. The average molecular weight is 308 g/mol. The standard InChI is InChI=1S/C17H22F2N2O/c1-10(20)11-5-7-21(8-6-11)17(22)14-9-13(14)12-3-2-4-15(18)16(12)19/h2-4,10-11,13-14H,5-9,20H2,1H3. The van der Waals surface area contributed by atoms with Crippen LogP contribution in [0.25, 0.3) is 0 Å². The molecule has 1 aromatic carbocycles. The largest absolute Gasteiger partial charge is 0.342 e. The number of benzene rings is 1. The van der Waals surface area contributed by atoms with Gasteiger partial charge in [0, 0.05) is 25.0 Å². The molecule has 3 nitrogen and oxygen atoms in total. The number of piperidine rings is 1. The number of hydrogen-bond donors (Lipinski definition) is 1. The topological polar surface area (TPSA) is 46.3 Å². The summed E-state index contributed by atoms with van der Waals surface area (Å²) in [5.41, 5.74) is 6.25. The molecule has 1 aliphatic carbocycles. The SMILES string of the molecule is CC(N)C1CCN(C(=O)C2CC2c2cccc(F)c2F)CC1. The Morgan fingerprint density at radius 3 is 2.64 bits per heavy atom. The third-order valence-electron chi connectivity index (χ3n) is 5.08. The first kappa shape index (κ1) is 15.4. The molecular weight excluding hydrogens is 286 g/mol. The van der Waals surface area contributed by atoms with Crippen molar-refractivity contribution in [2.75, 3.05) is 13.1 Å². The smallest absolute Gasteiger partial charge is 0.226 e. The second-order valence-electron chi connectivity index (χ2n) is 6.61. The van der Waals surface area contributed by atoms with Crippen molar-refractivity contribution in [3.63, 3.8) is 0 Å². The molecule has 1 saturated carbocycles. The summed E-state index contributed by atoms with van der Waals surface area (Å²) in [5, 5.41) is 0. The van der Waals surface area contributed by atoms with Crippen LogP contribution in [0.2, 0.25) is 0 Å². The third-order valence-corrected chi connectivity index (χ3v) is 5.08. The van der Waals surface area contributed by atoms with Crippen LogP contribution in [0, 0.1) is 23.5 Å². The predicted molar refractivity (Wildman–Crippen MR) is 80.2 cm³/mol. The zero-order valence-electron chi connectivity index (χ0n) is 12.8. The molecule has 0 aromatic heterocycles. The van der Waals surface area contributed by atoms with Crippen molar-refractivity contribution in [3.8, 4) is 0 Å². The summed E-state index contributed by atoms with van der Waals surface area (Å²) >= 11 is 0. The van der Waals surface area contributed by atoms with E-state index < -0.39 is 11.6 Å². The minimum atomic E-state index is -0.839. The second-order valence-corrected chi connectivity index (χ2v) is 6.61. The lowest BCUT2D eigenvalue weighted by molar-refractivity contribution is -0.134. The summed E-state index contributed by atoms with van der Waals surface area (Å²) in [5.74, 6) is -1.46. The Bertz CT molecular complexity index is 568. The van der Waals surface area contributed by atoms with Crippen molar-refractivity contribution < 1.29 is 13.6 Å². The minimum absolute atomic E-state index is 0.0804. The van der Waals surface area contributed by atoms with Crippen LogP contribution in [-0.4, -0.2) is 29.9 Å². The molecule has 22 heavy (non-hydrogen) atoms. The number of carbonyl (C=O) groups excluding carboxylic acids is 1. The highest BCUT2D eigenvalue weighted by Gasteiger charge is 2.47. The number of nitrogens with zero attached hydrogens (tertiary/aromatic N) is 1. The van der Waals surface area contributed by atoms with E-state index in [1.54, 1.807) is 6.07 Å². The van der Waals surface area contributed by atoms with Gasteiger partial charge in [0.15, 0.2) is 11.6 Å². The molecule has 0 spiro atoms. The van der Waals surface area contributed by atoms with Crippen molar-refractivity contribution >= 4 is 5.91 Å². The van der Waals surface area contributed by atoms with Crippen LogP contribution in [-0.2, 0) is 4.79 Å². The van der Waals surface area contributed by atoms with Crippen molar-refractivity contribution in [3.05, 3.63) is 35.4 Å². The lowest BCUT2D eigenvalue weighted by Crippen LogP contribution is -2.43. The maximum Gasteiger partial charge on any atom is 0.226 e. The van der Waals surface area contributed by atoms with Crippen LogP contribution < -0.4 is 5.73 Å². The van der Waals surface area contributed by atoms with Crippen LogP contribution in [0.4, 0.5) is 8.78 Å². The van der Waals surface area contributed by atoms with Crippen molar-refractivity contribution in [2.45, 2.75) is 38.1 Å². The van der Waals surface area contributed by atoms with E-state index in [-0.39, 0.29) is 23.8 Å². The Morgan fingerprint density at radius 1 is 1.32 bits per heavy atom. The highest BCUT2D eigenvalue weighted by atomic mass is 19.2. The van der Waals surface area contributed by atoms with E-state index in [4.69, 9.17) is 5.73 Å². The molecule has 5 heteroatoms. The van der Waals surface area contributed by atoms with Crippen LogP contribution >= 0.6 is 0 Å². The quantitative estimate of drug-likeness (QED) is 0.933. The lowest BCUT2D eigenvalue weighted by Gasteiger charge is -2.34. The number of halogens is 2. The first-order chi connectivity index (χ1) is 10.5. The van der Waals surface area contributed by atoms with Crippen LogP contribution in [0.5, 0.6) is 0 Å². The van der Waals surface area contributed by atoms with E-state index in [1.807, 2.05) is 11.8 Å². The molecule has 1 aromatic rings. The van der Waals surface area contributed by atoms with Crippen molar-refractivity contribution in [2.24, 2.45) is 17.6 Å². The Balaban J connectivity index is 1.61. The molecular formula is C17H22F2N2O. The van der Waals surface area contributed by atoms with Crippen LogP contribution in [0.3, 0.4) is 0 Å². The van der Waals surface area contributed by atoms with E-state index >= 15 is 0 Å². The van der Waals surface area contributed by atoms with Gasteiger partial charge >= 0.3 is 0 Å². The Hall–Kier alpha value is -1.49. The molecule has 120 valence electrons. The monoisotopic (exact) mass is 308 g/mol. The molecule has 3 rings (SSSR count). The van der Waals surface area contributed by atoms with Crippen molar-refractivity contribution in [1.82, 2.24) is 4.90 Å². The van der Waals surface area contributed by atoms with Gasteiger partial charge in [0.1, 0.15) is 0 Å². The van der Waals surface area contributed by atoms with Gasteiger partial charge in [0.25, 0.3) is 0 Å². The van der Waals surface area contributed by atoms with Gasteiger partial charge in [-0.3, -0.25) is 4.79 Å². The average Bonchev–Trinajstić information content (AvgIpc) is 3.30. The summed E-state index contributed by atoms with van der Waals surface area (Å²) in [6.07, 6.45) is 2.47. The highest BCUT2D eigenvalue weighted by molar-refractivity contribution is 5.83. The Labute approximate surface area is 129 Å². The van der Waals surface area contributed by atoms with E-state index in [2.05, 4.69) is 0 Å². The molecule has 2 fully saturated rings. The second kappa shape index (κ2) is 5.95. The van der Waals surface area contributed by atoms with Crippen LogP contribution in [0.15, 0.2) is 18.2 Å². The van der Waals surface area contributed by atoms with E-state index in [1.165, 1.54) is 6.07 Å². The number of carbonyl (C=O) groups is 1.